The summed E-state index contributed by atoms with van der Waals surface area (Å²) < 4.78 is 11.4. The van der Waals surface area contributed by atoms with Crippen molar-refractivity contribution in [3.8, 4) is 11.6 Å². The Morgan fingerprint density at radius 1 is 1.31 bits per heavy atom. The molecule has 0 unspecified atom stereocenters. The first kappa shape index (κ1) is 11.2. The van der Waals surface area contributed by atoms with Crippen molar-refractivity contribution < 1.29 is 9.47 Å². The van der Waals surface area contributed by atoms with Crippen molar-refractivity contribution in [2.24, 2.45) is 0 Å². The van der Waals surface area contributed by atoms with Gasteiger partial charge in [-0.2, -0.15) is 0 Å². The Labute approximate surface area is 96.8 Å². The fraction of sp³-hybridized carbons (Fsp3) is 0.615. The lowest BCUT2D eigenvalue weighted by Crippen LogP contribution is -2.24. The molecule has 1 aromatic heterocycles. The van der Waals surface area contributed by atoms with E-state index in [1.165, 1.54) is 12.8 Å². The molecule has 3 heteroatoms. The Bertz CT molecular complexity index is 378. The van der Waals surface area contributed by atoms with E-state index in [1.54, 1.807) is 6.20 Å². The summed E-state index contributed by atoms with van der Waals surface area (Å²) in [5.41, 5.74) is 0.810. The molecule has 1 aliphatic carbocycles. The fourth-order valence-electron chi connectivity index (χ4n) is 1.38. The minimum Gasteiger partial charge on any atom is -0.489 e. The van der Waals surface area contributed by atoms with Crippen molar-refractivity contribution in [2.45, 2.75) is 52.2 Å². The van der Waals surface area contributed by atoms with Gasteiger partial charge in [-0.3, -0.25) is 0 Å². The van der Waals surface area contributed by atoms with Crippen molar-refractivity contribution in [2.75, 3.05) is 0 Å². The van der Waals surface area contributed by atoms with Gasteiger partial charge in [0.25, 0.3) is 0 Å². The second kappa shape index (κ2) is 3.96. The average Bonchev–Trinajstić information content (AvgIpc) is 2.92. The molecule has 0 bridgehead atoms. The molecule has 1 aromatic rings. The van der Waals surface area contributed by atoms with Crippen LogP contribution < -0.4 is 9.47 Å². The average molecular weight is 221 g/mol. The number of hydrogen-bond acceptors (Lipinski definition) is 3. The SMILES string of the molecule is Cc1cc(OC2CC2)cnc1OC(C)(C)C. The highest BCUT2D eigenvalue weighted by atomic mass is 16.5. The van der Waals surface area contributed by atoms with Crippen LogP contribution in [-0.2, 0) is 0 Å². The van der Waals surface area contributed by atoms with Gasteiger partial charge < -0.3 is 9.47 Å². The molecule has 0 aromatic carbocycles. The molecule has 2 rings (SSSR count). The number of nitrogens with zero attached hydrogens (tertiary/aromatic N) is 1. The maximum Gasteiger partial charge on any atom is 0.216 e. The third-order valence-corrected chi connectivity index (χ3v) is 2.24. The zero-order chi connectivity index (χ0) is 11.8. The van der Waals surface area contributed by atoms with E-state index in [9.17, 15) is 0 Å². The van der Waals surface area contributed by atoms with Gasteiger partial charge >= 0.3 is 0 Å². The van der Waals surface area contributed by atoms with E-state index in [4.69, 9.17) is 9.47 Å². The molecule has 0 spiro atoms. The van der Waals surface area contributed by atoms with Gasteiger partial charge in [0, 0.05) is 5.56 Å². The van der Waals surface area contributed by atoms with Crippen molar-refractivity contribution in [3.05, 3.63) is 17.8 Å². The first-order valence-electron chi connectivity index (χ1n) is 5.76. The molecule has 16 heavy (non-hydrogen) atoms. The zero-order valence-corrected chi connectivity index (χ0v) is 10.4. The fourth-order valence-corrected chi connectivity index (χ4v) is 1.38. The first-order valence-corrected chi connectivity index (χ1v) is 5.76. The molecule has 1 fully saturated rings. The summed E-state index contributed by atoms with van der Waals surface area (Å²) in [4.78, 5) is 4.30. The van der Waals surface area contributed by atoms with Crippen LogP contribution in [-0.4, -0.2) is 16.7 Å². The van der Waals surface area contributed by atoms with Gasteiger partial charge in [0.2, 0.25) is 5.88 Å². The van der Waals surface area contributed by atoms with E-state index in [0.29, 0.717) is 12.0 Å². The Hall–Kier alpha value is -1.25. The summed E-state index contributed by atoms with van der Waals surface area (Å²) in [5, 5.41) is 0. The zero-order valence-electron chi connectivity index (χ0n) is 10.4. The van der Waals surface area contributed by atoms with E-state index >= 15 is 0 Å². The molecular weight excluding hydrogens is 202 g/mol. The van der Waals surface area contributed by atoms with E-state index in [2.05, 4.69) is 4.98 Å². The maximum atomic E-state index is 5.74. The van der Waals surface area contributed by atoms with Gasteiger partial charge in [0.15, 0.2) is 0 Å². The monoisotopic (exact) mass is 221 g/mol. The number of hydrogen-bond donors (Lipinski definition) is 0. The molecule has 88 valence electrons. The Balaban J connectivity index is 2.09. The normalized spacial score (nSPS) is 16.0. The van der Waals surface area contributed by atoms with Crippen LogP contribution in [0.3, 0.4) is 0 Å². The molecule has 0 saturated heterocycles. The number of aryl methyl sites for hydroxylation is 1. The highest BCUT2D eigenvalue weighted by Crippen LogP contribution is 2.29. The van der Waals surface area contributed by atoms with Crippen LogP contribution in [0.15, 0.2) is 12.3 Å². The minimum atomic E-state index is -0.212. The van der Waals surface area contributed by atoms with E-state index in [-0.39, 0.29) is 5.60 Å². The van der Waals surface area contributed by atoms with Gasteiger partial charge in [-0.05, 0) is 46.6 Å². The highest BCUT2D eigenvalue weighted by Gasteiger charge is 2.24. The summed E-state index contributed by atoms with van der Waals surface area (Å²) in [6.07, 6.45) is 4.49. The van der Waals surface area contributed by atoms with Crippen molar-refractivity contribution >= 4 is 0 Å². The molecule has 0 aliphatic heterocycles. The van der Waals surface area contributed by atoms with Crippen LogP contribution in [0.4, 0.5) is 0 Å². The summed E-state index contributed by atoms with van der Waals surface area (Å²) in [6, 6.07) is 1.99. The molecule has 0 amide bonds. The van der Waals surface area contributed by atoms with Crippen LogP contribution in [0.2, 0.25) is 0 Å². The Kier molecular flexibility index (Phi) is 2.78. The van der Waals surface area contributed by atoms with Crippen LogP contribution >= 0.6 is 0 Å². The van der Waals surface area contributed by atoms with E-state index in [1.807, 2.05) is 33.8 Å². The minimum absolute atomic E-state index is 0.212. The molecule has 1 saturated carbocycles. The summed E-state index contributed by atoms with van der Waals surface area (Å²) in [5.74, 6) is 1.54. The van der Waals surface area contributed by atoms with E-state index < -0.39 is 0 Å². The van der Waals surface area contributed by atoms with E-state index in [0.717, 1.165) is 11.3 Å². The van der Waals surface area contributed by atoms with Gasteiger partial charge in [-0.25, -0.2) is 4.98 Å². The van der Waals surface area contributed by atoms with Crippen LogP contribution in [0, 0.1) is 6.92 Å². The third-order valence-electron chi connectivity index (χ3n) is 2.24. The summed E-state index contributed by atoms with van der Waals surface area (Å²) in [6.45, 7) is 8.04. The standard InChI is InChI=1S/C13H19NO2/c1-9-7-11(15-10-5-6-10)8-14-12(9)16-13(2,3)4/h7-8,10H,5-6H2,1-4H3. The largest absolute Gasteiger partial charge is 0.489 e. The quantitative estimate of drug-likeness (QED) is 0.786. The Morgan fingerprint density at radius 3 is 2.50 bits per heavy atom. The number of aromatic nitrogens is 1. The first-order chi connectivity index (χ1) is 7.44. The molecule has 3 nitrogen and oxygen atoms in total. The predicted octanol–water partition coefficient (Wildman–Crippen LogP) is 3.11. The smallest absolute Gasteiger partial charge is 0.216 e. The third kappa shape index (κ3) is 3.12. The maximum absolute atomic E-state index is 5.74. The lowest BCUT2D eigenvalue weighted by molar-refractivity contribution is 0.122. The topological polar surface area (TPSA) is 31.4 Å². The second-order valence-electron chi connectivity index (χ2n) is 5.32. The van der Waals surface area contributed by atoms with Gasteiger partial charge in [-0.15, -0.1) is 0 Å². The number of pyridine rings is 1. The number of rotatable bonds is 3. The molecule has 1 heterocycles. The second-order valence-corrected chi connectivity index (χ2v) is 5.32. The van der Waals surface area contributed by atoms with Gasteiger partial charge in [0.05, 0.1) is 12.3 Å². The lowest BCUT2D eigenvalue weighted by atomic mass is 10.2. The number of ether oxygens (including phenoxy) is 2. The lowest BCUT2D eigenvalue weighted by Gasteiger charge is -2.21. The molecule has 0 N–H and O–H groups in total. The van der Waals surface area contributed by atoms with Crippen molar-refractivity contribution in [3.63, 3.8) is 0 Å². The Morgan fingerprint density at radius 2 is 2.00 bits per heavy atom. The molecule has 0 atom stereocenters. The molecule has 1 aliphatic rings. The van der Waals surface area contributed by atoms with Crippen LogP contribution in [0.5, 0.6) is 11.6 Å². The van der Waals surface area contributed by atoms with Crippen molar-refractivity contribution in [1.29, 1.82) is 0 Å². The summed E-state index contributed by atoms with van der Waals surface area (Å²) in [7, 11) is 0. The van der Waals surface area contributed by atoms with Crippen LogP contribution in [0.1, 0.15) is 39.2 Å². The highest BCUT2D eigenvalue weighted by molar-refractivity contribution is 5.32. The molecule has 0 radical (unpaired) electrons. The van der Waals surface area contributed by atoms with Crippen LogP contribution in [0.25, 0.3) is 0 Å². The van der Waals surface area contributed by atoms with Gasteiger partial charge in [-0.1, -0.05) is 0 Å². The predicted molar refractivity (Wildman–Crippen MR) is 63.0 cm³/mol. The van der Waals surface area contributed by atoms with Crippen molar-refractivity contribution in [1.82, 2.24) is 4.98 Å². The summed E-state index contributed by atoms with van der Waals surface area (Å²) >= 11 is 0. The molecular formula is C13H19NO2. The van der Waals surface area contributed by atoms with Gasteiger partial charge in [0.1, 0.15) is 11.4 Å².